The van der Waals surface area contributed by atoms with E-state index in [2.05, 4.69) is 27.6 Å². The van der Waals surface area contributed by atoms with Crippen molar-refractivity contribution in [3.05, 3.63) is 70.0 Å². The van der Waals surface area contributed by atoms with Gasteiger partial charge in [-0.15, -0.1) is 23.1 Å². The fourth-order valence-electron chi connectivity index (χ4n) is 3.63. The molecule has 4 amide bonds. The summed E-state index contributed by atoms with van der Waals surface area (Å²) in [5.74, 6) is -1.97. The fraction of sp³-hybridized carbons (Fsp3) is 0.238. The van der Waals surface area contributed by atoms with Crippen molar-refractivity contribution >= 4 is 58.7 Å². The van der Waals surface area contributed by atoms with Crippen LogP contribution in [0.3, 0.4) is 0 Å². The minimum absolute atomic E-state index is 0.151. The summed E-state index contributed by atoms with van der Waals surface area (Å²) in [5.41, 5.74) is 0.330. The molecule has 0 radical (unpaired) electrons. The molecule has 0 aromatic carbocycles. The molecule has 0 aliphatic carbocycles. The van der Waals surface area contributed by atoms with Crippen LogP contribution in [0.5, 0.6) is 0 Å². The summed E-state index contributed by atoms with van der Waals surface area (Å²) >= 11 is 3.69. The summed E-state index contributed by atoms with van der Waals surface area (Å²) in [6, 6.07) is 3.91. The predicted molar refractivity (Wildman–Crippen MR) is 133 cm³/mol. The van der Waals surface area contributed by atoms with Gasteiger partial charge in [-0.05, 0) is 45.9 Å². The van der Waals surface area contributed by atoms with E-state index in [1.807, 2.05) is 0 Å². The third-order valence-corrected chi connectivity index (χ3v) is 8.58. The molecule has 0 saturated carbocycles. The normalized spacial score (nSPS) is 19.6. The number of urea groups is 1. The lowest BCUT2D eigenvalue weighted by atomic mass is 10.0. The number of carbonyl (C=O) groups is 4. The molecule has 2 aromatic heterocycles. The molecule has 4 rings (SSSR count). The number of aliphatic carboxylic acids is 1. The third kappa shape index (κ3) is 5.17. The van der Waals surface area contributed by atoms with Gasteiger partial charge in [0, 0.05) is 27.5 Å². The van der Waals surface area contributed by atoms with Crippen molar-refractivity contribution in [2.24, 2.45) is 0 Å². The number of fused-ring (bicyclic) bond motifs is 1. The van der Waals surface area contributed by atoms with E-state index in [9.17, 15) is 29.5 Å². The Labute approximate surface area is 217 Å². The molecular weight excluding hydrogens is 528 g/mol. The zero-order valence-corrected chi connectivity index (χ0v) is 20.9. The summed E-state index contributed by atoms with van der Waals surface area (Å²) in [6.45, 7) is 3.41. The first-order valence-corrected chi connectivity index (χ1v) is 13.3. The number of carboxylic acids is 1. The van der Waals surface area contributed by atoms with E-state index in [0.717, 1.165) is 16.7 Å². The topological polar surface area (TPSA) is 168 Å². The van der Waals surface area contributed by atoms with E-state index in [1.54, 1.807) is 29.6 Å². The minimum Gasteiger partial charge on any atom is -0.593 e. The van der Waals surface area contributed by atoms with Gasteiger partial charge in [-0.2, -0.15) is 0 Å². The van der Waals surface area contributed by atoms with Crippen LogP contribution in [0.4, 0.5) is 4.79 Å². The van der Waals surface area contributed by atoms with Gasteiger partial charge in [0.2, 0.25) is 5.91 Å². The largest absolute Gasteiger partial charge is 0.593 e. The van der Waals surface area contributed by atoms with E-state index in [4.69, 9.17) is 0 Å². The van der Waals surface area contributed by atoms with Crippen molar-refractivity contribution in [1.29, 1.82) is 0 Å². The molecular formula is C21H20N6O6S3. The Kier molecular flexibility index (Phi) is 7.81. The number of aromatic nitrogens is 2. The van der Waals surface area contributed by atoms with Crippen LogP contribution >= 0.6 is 34.9 Å². The van der Waals surface area contributed by atoms with E-state index < -0.39 is 41.3 Å². The molecule has 1 saturated heterocycles. The molecule has 36 heavy (non-hydrogen) atoms. The van der Waals surface area contributed by atoms with E-state index in [-0.39, 0.29) is 11.4 Å². The first-order chi connectivity index (χ1) is 17.3. The fourth-order valence-corrected chi connectivity index (χ4v) is 6.77. The Bertz CT molecular complexity index is 1240. The Morgan fingerprint density at radius 1 is 1.39 bits per heavy atom. The lowest BCUT2D eigenvalue weighted by Crippen LogP contribution is -2.71. The second kappa shape index (κ2) is 11.0. The van der Waals surface area contributed by atoms with Crippen LogP contribution in [0.2, 0.25) is 0 Å². The van der Waals surface area contributed by atoms with Crippen LogP contribution in [0, 0.1) is 5.21 Å². The lowest BCUT2D eigenvalue weighted by Gasteiger charge is -2.49. The van der Waals surface area contributed by atoms with Crippen molar-refractivity contribution in [3.63, 3.8) is 0 Å². The van der Waals surface area contributed by atoms with Gasteiger partial charge in [0.15, 0.2) is 0 Å². The van der Waals surface area contributed by atoms with Crippen molar-refractivity contribution in [2.45, 2.75) is 22.5 Å². The molecule has 12 nitrogen and oxygen atoms in total. The standard InChI is InChI=1S/C21H20N6O6S3/c1-2-22-21(32)25-14(12-5-4-8-34-12)17(28)24-15-18(29)26-16(20(30)31)11(10-36-19(15)26)9-35-13-6-3-7-23-27(13)33/h2-8,14-15,19H,1,9-10H2,(H,24,28)(H,30,31)(H2,22,25,32)/t14?,15-,19?/m0/s1. The highest BCUT2D eigenvalue weighted by atomic mass is 32.2. The maximum Gasteiger partial charge on any atom is 0.352 e. The van der Waals surface area contributed by atoms with Gasteiger partial charge < -0.3 is 26.3 Å². The van der Waals surface area contributed by atoms with Gasteiger partial charge in [0.05, 0.1) is 6.20 Å². The number of β-lactam (4-membered cyclic amide) rings is 1. The summed E-state index contributed by atoms with van der Waals surface area (Å²) < 4.78 is 0. The maximum atomic E-state index is 13.1. The molecule has 0 bridgehead atoms. The second-order valence-electron chi connectivity index (χ2n) is 7.45. The second-order valence-corrected chi connectivity index (χ2v) is 10.5. The zero-order chi connectivity index (χ0) is 25.8. The summed E-state index contributed by atoms with van der Waals surface area (Å²) in [7, 11) is 0. The number of thioether (sulfide) groups is 2. The van der Waals surface area contributed by atoms with Crippen molar-refractivity contribution in [3.8, 4) is 0 Å². The van der Waals surface area contributed by atoms with Crippen LogP contribution in [0.1, 0.15) is 10.9 Å². The Balaban J connectivity index is 1.48. The SMILES string of the molecule is C=CNC(=O)NC(C(=O)N[C@H]1C(=O)N2C(C(=O)O)=C(CSc3cccn[n+]3[O-])CSC12)c1cccs1. The first-order valence-electron chi connectivity index (χ1n) is 10.4. The van der Waals surface area contributed by atoms with Gasteiger partial charge in [-0.3, -0.25) is 14.5 Å². The highest BCUT2D eigenvalue weighted by Crippen LogP contribution is 2.41. The quantitative estimate of drug-likeness (QED) is 0.153. The molecule has 188 valence electrons. The molecule has 2 aliphatic rings. The summed E-state index contributed by atoms with van der Waals surface area (Å²) in [5, 5.41) is 34.2. The highest BCUT2D eigenvalue weighted by Gasteiger charge is 2.54. The number of thiophene rings is 1. The number of carboxylic acid groups (broad SMARTS) is 1. The number of carbonyl (C=O) groups excluding carboxylic acids is 3. The molecule has 1 fully saturated rings. The molecule has 2 aliphatic heterocycles. The molecule has 0 spiro atoms. The molecule has 4 N–H and O–H groups in total. The first kappa shape index (κ1) is 25.5. The summed E-state index contributed by atoms with van der Waals surface area (Å²) in [6.07, 6.45) is 2.52. The highest BCUT2D eigenvalue weighted by molar-refractivity contribution is 8.01. The molecule has 2 aromatic rings. The van der Waals surface area contributed by atoms with Crippen LogP contribution in [-0.2, 0) is 14.4 Å². The number of hydrogen-bond acceptors (Lipinski definition) is 9. The monoisotopic (exact) mass is 548 g/mol. The van der Waals surface area contributed by atoms with E-state index >= 15 is 0 Å². The molecule has 15 heteroatoms. The Morgan fingerprint density at radius 2 is 2.19 bits per heavy atom. The lowest BCUT2D eigenvalue weighted by molar-refractivity contribution is -0.706. The molecule has 4 heterocycles. The van der Waals surface area contributed by atoms with Gasteiger partial charge in [0.25, 0.3) is 10.9 Å². The predicted octanol–water partition coefficient (Wildman–Crippen LogP) is 0.791. The van der Waals surface area contributed by atoms with Gasteiger partial charge in [-0.25, -0.2) is 9.59 Å². The minimum atomic E-state index is -1.27. The van der Waals surface area contributed by atoms with E-state index in [0.29, 0.717) is 26.1 Å². The maximum absolute atomic E-state index is 13.1. The average Bonchev–Trinajstić information content (AvgIpc) is 3.39. The van der Waals surface area contributed by atoms with Gasteiger partial charge in [-0.1, -0.05) is 12.6 Å². The summed E-state index contributed by atoms with van der Waals surface area (Å²) in [4.78, 5) is 52.2. The van der Waals surface area contributed by atoms with E-state index in [1.165, 1.54) is 35.5 Å². The van der Waals surface area contributed by atoms with Crippen LogP contribution in [0.25, 0.3) is 0 Å². The van der Waals surface area contributed by atoms with Crippen LogP contribution in [0.15, 0.2) is 64.9 Å². The molecule has 3 atom stereocenters. The van der Waals surface area contributed by atoms with Crippen LogP contribution < -0.4 is 20.8 Å². The van der Waals surface area contributed by atoms with Crippen molar-refractivity contribution in [1.82, 2.24) is 25.9 Å². The number of amides is 4. The Hall–Kier alpha value is -3.56. The number of nitrogens with one attached hydrogen (secondary N) is 3. The van der Waals surface area contributed by atoms with Gasteiger partial charge in [0.1, 0.15) is 23.2 Å². The smallest absolute Gasteiger partial charge is 0.352 e. The average molecular weight is 549 g/mol. The molecule has 2 unspecified atom stereocenters. The third-order valence-electron chi connectivity index (χ3n) is 5.23. The number of nitrogens with zero attached hydrogens (tertiary/aromatic N) is 3. The number of rotatable bonds is 9. The van der Waals surface area contributed by atoms with Crippen LogP contribution in [-0.4, -0.2) is 61.8 Å². The van der Waals surface area contributed by atoms with Crippen molar-refractivity contribution < 1.29 is 29.1 Å². The zero-order valence-electron chi connectivity index (χ0n) is 18.4. The van der Waals surface area contributed by atoms with Crippen molar-refractivity contribution in [2.75, 3.05) is 11.5 Å². The Morgan fingerprint density at radius 3 is 2.86 bits per heavy atom. The number of hydrogen-bond donors (Lipinski definition) is 4. The van der Waals surface area contributed by atoms with Gasteiger partial charge >= 0.3 is 12.0 Å².